The zero-order valence-corrected chi connectivity index (χ0v) is 11.2. The fraction of sp³-hybridized carbons (Fsp3) is 0.533. The van der Waals surface area contributed by atoms with Crippen LogP contribution in [0, 0.1) is 0 Å². The number of nitrogens with one attached hydrogen (secondary N) is 1. The normalized spacial score (nSPS) is 10.3. The molecule has 18 heavy (non-hydrogen) atoms. The van der Waals surface area contributed by atoms with Crippen molar-refractivity contribution in [2.75, 3.05) is 19.7 Å². The minimum atomic E-state index is -0.235. The molecule has 0 aliphatic heterocycles. The maximum absolute atomic E-state index is 11.6. The van der Waals surface area contributed by atoms with Crippen molar-refractivity contribution in [2.24, 2.45) is 0 Å². The third-order valence-electron chi connectivity index (χ3n) is 2.70. The zero-order valence-electron chi connectivity index (χ0n) is 11.2. The predicted octanol–water partition coefficient (Wildman–Crippen LogP) is 3.01. The summed E-state index contributed by atoms with van der Waals surface area (Å²) >= 11 is 0. The molecule has 0 saturated carbocycles. The minimum absolute atomic E-state index is 0.235. The van der Waals surface area contributed by atoms with Crippen LogP contribution in [0.3, 0.4) is 0 Å². The van der Waals surface area contributed by atoms with Gasteiger partial charge in [-0.25, -0.2) is 4.79 Å². The Morgan fingerprint density at radius 1 is 1.11 bits per heavy atom. The SMILES string of the molecule is CCCCCNCCCOC(=O)c1ccccc1. The molecule has 0 bridgehead atoms. The van der Waals surface area contributed by atoms with E-state index in [1.807, 2.05) is 18.2 Å². The standard InChI is InChI=1S/C15H23NO2/c1-2-3-7-11-16-12-8-13-18-15(17)14-9-5-4-6-10-14/h4-6,9-10,16H,2-3,7-8,11-13H2,1H3. The molecule has 0 saturated heterocycles. The molecule has 100 valence electrons. The molecule has 3 nitrogen and oxygen atoms in total. The second-order valence-corrected chi connectivity index (χ2v) is 4.31. The van der Waals surface area contributed by atoms with E-state index in [9.17, 15) is 4.79 Å². The average Bonchev–Trinajstić information content (AvgIpc) is 2.42. The fourth-order valence-corrected chi connectivity index (χ4v) is 1.64. The smallest absolute Gasteiger partial charge is 0.338 e. The summed E-state index contributed by atoms with van der Waals surface area (Å²) in [7, 11) is 0. The third-order valence-corrected chi connectivity index (χ3v) is 2.70. The van der Waals surface area contributed by atoms with E-state index >= 15 is 0 Å². The van der Waals surface area contributed by atoms with Crippen molar-refractivity contribution in [1.82, 2.24) is 5.32 Å². The van der Waals surface area contributed by atoms with Gasteiger partial charge in [-0.3, -0.25) is 0 Å². The Bertz CT molecular complexity index is 325. The fourth-order valence-electron chi connectivity index (χ4n) is 1.64. The molecule has 0 spiro atoms. The highest BCUT2D eigenvalue weighted by Crippen LogP contribution is 2.01. The molecule has 3 heteroatoms. The van der Waals surface area contributed by atoms with E-state index in [0.717, 1.165) is 19.5 Å². The summed E-state index contributed by atoms with van der Waals surface area (Å²) in [6.07, 6.45) is 4.61. The van der Waals surface area contributed by atoms with Gasteiger partial charge in [0.15, 0.2) is 0 Å². The van der Waals surface area contributed by atoms with Crippen molar-refractivity contribution in [3.63, 3.8) is 0 Å². The van der Waals surface area contributed by atoms with E-state index in [0.29, 0.717) is 12.2 Å². The number of rotatable bonds is 9. The number of hydrogen-bond donors (Lipinski definition) is 1. The first-order chi connectivity index (χ1) is 8.84. The van der Waals surface area contributed by atoms with Gasteiger partial charge in [0, 0.05) is 0 Å². The van der Waals surface area contributed by atoms with Crippen LogP contribution in [0.1, 0.15) is 43.0 Å². The number of carbonyl (C=O) groups is 1. The van der Waals surface area contributed by atoms with E-state index < -0.39 is 0 Å². The molecule has 0 heterocycles. The maximum atomic E-state index is 11.6. The van der Waals surface area contributed by atoms with Crippen molar-refractivity contribution in [3.8, 4) is 0 Å². The number of esters is 1. The second-order valence-electron chi connectivity index (χ2n) is 4.31. The molecule has 0 radical (unpaired) electrons. The zero-order chi connectivity index (χ0) is 13.1. The first-order valence-electron chi connectivity index (χ1n) is 6.77. The van der Waals surface area contributed by atoms with Gasteiger partial charge in [0.2, 0.25) is 0 Å². The minimum Gasteiger partial charge on any atom is -0.462 e. The number of hydrogen-bond acceptors (Lipinski definition) is 3. The van der Waals surface area contributed by atoms with E-state index in [1.165, 1.54) is 19.3 Å². The van der Waals surface area contributed by atoms with Gasteiger partial charge in [-0.1, -0.05) is 38.0 Å². The second kappa shape index (κ2) is 9.66. The number of ether oxygens (including phenoxy) is 1. The highest BCUT2D eigenvalue weighted by atomic mass is 16.5. The summed E-state index contributed by atoms with van der Waals surface area (Å²) in [5, 5.41) is 3.34. The average molecular weight is 249 g/mol. The number of unbranched alkanes of at least 4 members (excludes halogenated alkanes) is 2. The molecule has 0 aliphatic rings. The first kappa shape index (κ1) is 14.7. The summed E-state index contributed by atoms with van der Waals surface area (Å²) in [5.74, 6) is -0.235. The number of carbonyl (C=O) groups excluding carboxylic acids is 1. The van der Waals surface area contributed by atoms with Crippen LogP contribution in [0.25, 0.3) is 0 Å². The molecule has 1 N–H and O–H groups in total. The Morgan fingerprint density at radius 2 is 1.83 bits per heavy atom. The van der Waals surface area contributed by atoms with Gasteiger partial charge >= 0.3 is 5.97 Å². The van der Waals surface area contributed by atoms with Crippen LogP contribution >= 0.6 is 0 Å². The van der Waals surface area contributed by atoms with Gasteiger partial charge in [-0.15, -0.1) is 0 Å². The van der Waals surface area contributed by atoms with Gasteiger partial charge in [0.25, 0.3) is 0 Å². The van der Waals surface area contributed by atoms with Crippen LogP contribution in [0.5, 0.6) is 0 Å². The molecule has 1 rings (SSSR count). The van der Waals surface area contributed by atoms with Gasteiger partial charge in [-0.05, 0) is 38.1 Å². The number of benzene rings is 1. The summed E-state index contributed by atoms with van der Waals surface area (Å²) in [5.41, 5.74) is 0.619. The highest BCUT2D eigenvalue weighted by Gasteiger charge is 2.04. The summed E-state index contributed by atoms with van der Waals surface area (Å²) in [4.78, 5) is 11.6. The lowest BCUT2D eigenvalue weighted by Crippen LogP contribution is -2.19. The van der Waals surface area contributed by atoms with Crippen LogP contribution < -0.4 is 5.32 Å². The summed E-state index contributed by atoms with van der Waals surface area (Å²) < 4.78 is 5.18. The molecule has 1 aromatic carbocycles. The van der Waals surface area contributed by atoms with Gasteiger partial charge in [-0.2, -0.15) is 0 Å². The van der Waals surface area contributed by atoms with Crippen molar-refractivity contribution < 1.29 is 9.53 Å². The predicted molar refractivity (Wildman–Crippen MR) is 73.7 cm³/mol. The first-order valence-corrected chi connectivity index (χ1v) is 6.77. The largest absolute Gasteiger partial charge is 0.462 e. The van der Waals surface area contributed by atoms with E-state index in [1.54, 1.807) is 12.1 Å². The lowest BCUT2D eigenvalue weighted by Gasteiger charge is -2.06. The van der Waals surface area contributed by atoms with Crippen molar-refractivity contribution in [3.05, 3.63) is 35.9 Å². The van der Waals surface area contributed by atoms with Crippen molar-refractivity contribution in [1.29, 1.82) is 0 Å². The van der Waals surface area contributed by atoms with Crippen LogP contribution in [-0.4, -0.2) is 25.7 Å². The molecule has 0 aromatic heterocycles. The van der Waals surface area contributed by atoms with Crippen LogP contribution in [0.4, 0.5) is 0 Å². The van der Waals surface area contributed by atoms with Gasteiger partial charge in [0.05, 0.1) is 12.2 Å². The molecule has 0 amide bonds. The summed E-state index contributed by atoms with van der Waals surface area (Å²) in [6.45, 7) is 4.64. The Hall–Kier alpha value is -1.35. The molecule has 0 aliphatic carbocycles. The highest BCUT2D eigenvalue weighted by molar-refractivity contribution is 5.89. The quantitative estimate of drug-likeness (QED) is 0.540. The molecule has 0 atom stereocenters. The summed E-state index contributed by atoms with van der Waals surface area (Å²) in [6, 6.07) is 9.10. The Kier molecular flexibility index (Phi) is 7.89. The Balaban J connectivity index is 2.00. The van der Waals surface area contributed by atoms with Crippen LogP contribution in [0.15, 0.2) is 30.3 Å². The molecule has 0 unspecified atom stereocenters. The Labute approximate surface area is 110 Å². The molecule has 1 aromatic rings. The maximum Gasteiger partial charge on any atom is 0.338 e. The van der Waals surface area contributed by atoms with E-state index in [4.69, 9.17) is 4.74 Å². The van der Waals surface area contributed by atoms with E-state index in [-0.39, 0.29) is 5.97 Å². The topological polar surface area (TPSA) is 38.3 Å². The third kappa shape index (κ3) is 6.40. The Morgan fingerprint density at radius 3 is 2.56 bits per heavy atom. The monoisotopic (exact) mass is 249 g/mol. The van der Waals surface area contributed by atoms with Gasteiger partial charge < -0.3 is 10.1 Å². The lowest BCUT2D eigenvalue weighted by molar-refractivity contribution is 0.0501. The van der Waals surface area contributed by atoms with Crippen LogP contribution in [0.2, 0.25) is 0 Å². The van der Waals surface area contributed by atoms with Crippen molar-refractivity contribution >= 4 is 5.97 Å². The molecule has 0 fully saturated rings. The van der Waals surface area contributed by atoms with E-state index in [2.05, 4.69) is 12.2 Å². The van der Waals surface area contributed by atoms with Crippen molar-refractivity contribution in [2.45, 2.75) is 32.6 Å². The molecular weight excluding hydrogens is 226 g/mol. The lowest BCUT2D eigenvalue weighted by atomic mass is 10.2. The van der Waals surface area contributed by atoms with Gasteiger partial charge in [0.1, 0.15) is 0 Å². The molecular formula is C15H23NO2. The van der Waals surface area contributed by atoms with Crippen LogP contribution in [-0.2, 0) is 4.74 Å².